The summed E-state index contributed by atoms with van der Waals surface area (Å²) in [6.07, 6.45) is 0. The normalized spacial score (nSPS) is 12.0. The molecule has 5 nitrogen and oxygen atoms in total. The molecule has 0 spiro atoms. The van der Waals surface area contributed by atoms with E-state index < -0.39 is 11.2 Å². The molecule has 7 rings (SSSR count). The van der Waals surface area contributed by atoms with Crippen LogP contribution in [0.15, 0.2) is 133 Å². The number of hydrogen-bond acceptors (Lipinski definition) is 5. The second-order valence-electron chi connectivity index (χ2n) is 12.9. The van der Waals surface area contributed by atoms with Crippen molar-refractivity contribution in [3.05, 3.63) is 133 Å². The van der Waals surface area contributed by atoms with Crippen LogP contribution >= 0.6 is 0 Å². The van der Waals surface area contributed by atoms with Crippen LogP contribution in [0, 0.1) is 0 Å². The van der Waals surface area contributed by atoms with Crippen molar-refractivity contribution in [3.63, 3.8) is 0 Å². The van der Waals surface area contributed by atoms with Crippen LogP contribution in [0.1, 0.15) is 27.7 Å². The Balaban J connectivity index is 1.21. The fourth-order valence-corrected chi connectivity index (χ4v) is 5.35. The summed E-state index contributed by atoms with van der Waals surface area (Å²) in [7, 11) is 1.70. The van der Waals surface area contributed by atoms with Crippen molar-refractivity contribution in [2.75, 3.05) is 0 Å². The Kier molecular flexibility index (Phi) is 7.92. The van der Waals surface area contributed by atoms with E-state index in [2.05, 4.69) is 97.1 Å². The average Bonchev–Trinajstić information content (AvgIpc) is 3.10. The van der Waals surface area contributed by atoms with E-state index >= 15 is 0 Å². The van der Waals surface area contributed by atoms with Gasteiger partial charge in [-0.1, -0.05) is 127 Å². The zero-order chi connectivity index (χ0) is 32.6. The fourth-order valence-electron chi connectivity index (χ4n) is 5.35. The molecular formula is C41H35BN3O2. The molecule has 6 aromatic carbocycles. The van der Waals surface area contributed by atoms with E-state index in [1.807, 2.05) is 50.2 Å². The maximum absolute atomic E-state index is 10.4. The summed E-state index contributed by atoms with van der Waals surface area (Å²) < 4.78 is 5.92. The molecule has 0 aliphatic carbocycles. The second-order valence-corrected chi connectivity index (χ2v) is 12.9. The molecule has 7 aromatic rings. The molecule has 1 heterocycles. The van der Waals surface area contributed by atoms with Gasteiger partial charge in [-0.25, -0.2) is 15.0 Å². The van der Waals surface area contributed by atoms with Crippen LogP contribution in [0.25, 0.3) is 66.8 Å². The van der Waals surface area contributed by atoms with Gasteiger partial charge in [0.1, 0.15) is 0 Å². The number of hydrogen-bond donors (Lipinski definition) is 1. The zero-order valence-corrected chi connectivity index (χ0v) is 27.0. The van der Waals surface area contributed by atoms with E-state index in [-0.39, 0.29) is 0 Å². The summed E-state index contributed by atoms with van der Waals surface area (Å²) in [5.41, 5.74) is 4.18. The summed E-state index contributed by atoms with van der Waals surface area (Å²) in [5.74, 6) is 1.89. The van der Waals surface area contributed by atoms with E-state index in [4.69, 9.17) is 19.6 Å². The maximum atomic E-state index is 10.4. The number of aromatic nitrogens is 3. The van der Waals surface area contributed by atoms with Gasteiger partial charge in [-0.3, -0.25) is 0 Å². The Hall–Kier alpha value is -5.17. The smallest absolute Gasteiger partial charge is 0.330 e. The van der Waals surface area contributed by atoms with E-state index in [1.54, 1.807) is 21.3 Å². The van der Waals surface area contributed by atoms with Crippen LogP contribution in [0.5, 0.6) is 0 Å². The maximum Gasteiger partial charge on any atom is 0.330 e. The third-order valence-electron chi connectivity index (χ3n) is 9.00. The Morgan fingerprint density at radius 1 is 0.468 bits per heavy atom. The molecule has 1 N–H and O–H groups in total. The Labute approximate surface area is 276 Å². The van der Waals surface area contributed by atoms with Gasteiger partial charge in [0.05, 0.1) is 11.2 Å². The third kappa shape index (κ3) is 6.43. The molecule has 0 amide bonds. The lowest BCUT2D eigenvalue weighted by atomic mass is 9.82. The molecule has 0 saturated heterocycles. The first-order valence-corrected chi connectivity index (χ1v) is 15.8. The topological polar surface area (TPSA) is 68.1 Å². The predicted molar refractivity (Wildman–Crippen MR) is 193 cm³/mol. The van der Waals surface area contributed by atoms with E-state index in [0.29, 0.717) is 17.5 Å². The van der Waals surface area contributed by atoms with Crippen LogP contribution in [-0.4, -0.2) is 38.7 Å². The molecule has 0 saturated carbocycles. The lowest BCUT2D eigenvalue weighted by Gasteiger charge is -2.37. The highest BCUT2D eigenvalue weighted by Gasteiger charge is 2.35. The van der Waals surface area contributed by atoms with Gasteiger partial charge in [-0.15, -0.1) is 0 Å². The van der Waals surface area contributed by atoms with Crippen molar-refractivity contribution < 1.29 is 9.76 Å². The van der Waals surface area contributed by atoms with Crippen molar-refractivity contribution >= 4 is 34.5 Å². The molecule has 1 aromatic heterocycles. The van der Waals surface area contributed by atoms with Gasteiger partial charge in [0.25, 0.3) is 0 Å². The van der Waals surface area contributed by atoms with Crippen LogP contribution in [0.4, 0.5) is 0 Å². The van der Waals surface area contributed by atoms with Crippen molar-refractivity contribution in [2.45, 2.75) is 38.9 Å². The highest BCUT2D eigenvalue weighted by Crippen LogP contribution is 2.30. The number of nitrogens with zero attached hydrogens (tertiary/aromatic N) is 3. The molecule has 6 heteroatoms. The molecule has 0 aliphatic rings. The minimum Gasteiger partial charge on any atom is -0.427 e. The third-order valence-corrected chi connectivity index (χ3v) is 9.00. The minimum atomic E-state index is -0.976. The Morgan fingerprint density at radius 3 is 1.32 bits per heavy atom. The number of aliphatic hydroxyl groups is 1. The van der Waals surface area contributed by atoms with Crippen LogP contribution in [0.3, 0.4) is 0 Å². The fraction of sp³-hybridized carbons (Fsp3) is 0.146. The molecule has 0 aliphatic heterocycles. The van der Waals surface area contributed by atoms with Crippen molar-refractivity contribution in [3.8, 4) is 45.3 Å². The molecule has 0 atom stereocenters. The van der Waals surface area contributed by atoms with Gasteiger partial charge in [0.2, 0.25) is 0 Å². The quantitative estimate of drug-likeness (QED) is 0.174. The van der Waals surface area contributed by atoms with E-state index in [9.17, 15) is 5.11 Å². The zero-order valence-electron chi connectivity index (χ0n) is 27.0. The van der Waals surface area contributed by atoms with Gasteiger partial charge in [0, 0.05) is 16.7 Å². The number of fused-ring (bicyclic) bond motifs is 2. The first kappa shape index (κ1) is 30.5. The predicted octanol–water partition coefficient (Wildman–Crippen LogP) is 8.66. The molecular weight excluding hydrogens is 577 g/mol. The van der Waals surface area contributed by atoms with Crippen LogP contribution in [0.2, 0.25) is 0 Å². The molecule has 0 unspecified atom stereocenters. The number of benzene rings is 6. The molecule has 1 radical (unpaired) electrons. The van der Waals surface area contributed by atoms with Crippen molar-refractivity contribution in [2.24, 2.45) is 0 Å². The van der Waals surface area contributed by atoms with Gasteiger partial charge in [0.15, 0.2) is 17.5 Å². The van der Waals surface area contributed by atoms with Crippen LogP contribution in [-0.2, 0) is 4.65 Å². The molecule has 229 valence electrons. The molecule has 0 bridgehead atoms. The summed E-state index contributed by atoms with van der Waals surface area (Å²) in [6, 6.07) is 45.8. The lowest BCUT2D eigenvalue weighted by molar-refractivity contribution is -0.0893. The summed E-state index contributed by atoms with van der Waals surface area (Å²) in [6.45, 7) is 7.25. The van der Waals surface area contributed by atoms with Gasteiger partial charge in [-0.2, -0.15) is 0 Å². The Morgan fingerprint density at radius 2 is 0.851 bits per heavy atom. The number of rotatable bonds is 8. The Bertz CT molecular complexity index is 2110. The average molecular weight is 613 g/mol. The standard InChI is InChI=1S/C41H35BN3O2/c1-40(2,46)41(3,4)47-42-36-23-21-30(22-24-36)29-13-17-31(18-14-29)37-43-38(34-19-15-27-9-5-7-11-32(27)25-34)45-39(44-37)35-20-16-28-10-6-8-12-33(28)26-35/h5-26,46H,1-4H3. The monoisotopic (exact) mass is 612 g/mol. The highest BCUT2D eigenvalue weighted by molar-refractivity contribution is 6.47. The molecule has 47 heavy (non-hydrogen) atoms. The van der Waals surface area contributed by atoms with Gasteiger partial charge >= 0.3 is 7.48 Å². The van der Waals surface area contributed by atoms with Gasteiger partial charge in [-0.05, 0) is 72.5 Å². The summed E-state index contributed by atoms with van der Waals surface area (Å²) >= 11 is 0. The van der Waals surface area contributed by atoms with Gasteiger partial charge < -0.3 is 9.76 Å². The summed E-state index contributed by atoms with van der Waals surface area (Å²) in [5, 5.41) is 15.0. The SMILES string of the molecule is CC(C)(O)C(C)(C)O[B]c1ccc(-c2ccc(-c3nc(-c4ccc5ccccc5c4)nc(-c4ccc5ccccc5c4)n3)cc2)cc1. The first-order chi connectivity index (χ1) is 22.6. The van der Waals surface area contributed by atoms with Crippen molar-refractivity contribution in [1.82, 2.24) is 15.0 Å². The first-order valence-electron chi connectivity index (χ1n) is 15.8. The molecule has 0 fully saturated rings. The van der Waals surface area contributed by atoms with E-state index in [1.165, 1.54) is 10.8 Å². The lowest BCUT2D eigenvalue weighted by Crippen LogP contribution is -2.49. The van der Waals surface area contributed by atoms with Crippen LogP contribution < -0.4 is 5.46 Å². The van der Waals surface area contributed by atoms with E-state index in [0.717, 1.165) is 44.1 Å². The van der Waals surface area contributed by atoms with Crippen molar-refractivity contribution in [1.29, 1.82) is 0 Å². The highest BCUT2D eigenvalue weighted by atomic mass is 16.5. The minimum absolute atomic E-state index is 0.620. The summed E-state index contributed by atoms with van der Waals surface area (Å²) in [4.78, 5) is 14.9. The largest absolute Gasteiger partial charge is 0.427 e. The second kappa shape index (κ2) is 12.2.